The van der Waals surface area contributed by atoms with E-state index in [1.54, 1.807) is 0 Å². The zero-order valence-electron chi connectivity index (χ0n) is 13.4. The Kier molecular flexibility index (Phi) is 6.27. The topological polar surface area (TPSA) is 42.0 Å². The van der Waals surface area contributed by atoms with Gasteiger partial charge in [0.05, 0.1) is 19.3 Å². The number of rotatable bonds is 3. The molecule has 3 aliphatic rings. The van der Waals surface area contributed by atoms with Crippen LogP contribution in [0.2, 0.25) is 0 Å². The molecule has 1 saturated carbocycles. The van der Waals surface area contributed by atoms with Crippen molar-refractivity contribution >= 4 is 17.9 Å². The Hall–Kier alpha value is -0.460. The lowest BCUT2D eigenvalue weighted by atomic mass is 10.2. The monoisotopic (exact) mass is 328 g/mol. The van der Waals surface area contributed by atoms with Gasteiger partial charge in [-0.15, -0.1) is 0 Å². The zero-order valence-corrected chi connectivity index (χ0v) is 14.2. The van der Waals surface area contributed by atoms with Crippen LogP contribution < -0.4 is 0 Å². The van der Waals surface area contributed by atoms with Crippen molar-refractivity contribution < 1.29 is 14.3 Å². The van der Waals surface area contributed by atoms with E-state index in [-0.39, 0.29) is 18.2 Å². The van der Waals surface area contributed by atoms with Crippen molar-refractivity contribution in [1.29, 1.82) is 0 Å². The van der Waals surface area contributed by atoms with Crippen LogP contribution in [-0.2, 0) is 9.47 Å². The fourth-order valence-electron chi connectivity index (χ4n) is 3.52. The average Bonchev–Trinajstić information content (AvgIpc) is 2.93. The predicted octanol–water partition coefficient (Wildman–Crippen LogP) is 2.21. The van der Waals surface area contributed by atoms with E-state index in [9.17, 15) is 4.79 Å². The number of amides is 1. The number of morpholine rings is 1. The van der Waals surface area contributed by atoms with Crippen molar-refractivity contribution in [2.24, 2.45) is 0 Å². The maximum Gasteiger partial charge on any atom is 0.410 e. The molecule has 3 fully saturated rings. The van der Waals surface area contributed by atoms with Gasteiger partial charge in [0.1, 0.15) is 6.10 Å². The van der Waals surface area contributed by atoms with Crippen molar-refractivity contribution in [2.75, 3.05) is 50.9 Å². The van der Waals surface area contributed by atoms with Gasteiger partial charge in [0.15, 0.2) is 0 Å². The Balaban J connectivity index is 1.57. The Morgan fingerprint density at radius 3 is 2.68 bits per heavy atom. The van der Waals surface area contributed by atoms with Crippen LogP contribution in [0.3, 0.4) is 0 Å². The van der Waals surface area contributed by atoms with Gasteiger partial charge in [0.2, 0.25) is 0 Å². The summed E-state index contributed by atoms with van der Waals surface area (Å²) in [5.74, 6) is 2.17. The highest BCUT2D eigenvalue weighted by atomic mass is 32.2. The van der Waals surface area contributed by atoms with Crippen LogP contribution in [0.5, 0.6) is 0 Å². The van der Waals surface area contributed by atoms with E-state index in [0.29, 0.717) is 0 Å². The molecule has 1 aliphatic carbocycles. The normalized spacial score (nSPS) is 28.5. The van der Waals surface area contributed by atoms with Crippen molar-refractivity contribution in [3.63, 3.8) is 0 Å². The molecule has 5 nitrogen and oxygen atoms in total. The summed E-state index contributed by atoms with van der Waals surface area (Å²) in [5.41, 5.74) is 0. The molecule has 1 amide bonds. The Morgan fingerprint density at radius 2 is 1.91 bits per heavy atom. The third-order valence-corrected chi connectivity index (χ3v) is 6.01. The summed E-state index contributed by atoms with van der Waals surface area (Å²) in [6, 6.07) is 0.277. The van der Waals surface area contributed by atoms with Gasteiger partial charge >= 0.3 is 6.09 Å². The van der Waals surface area contributed by atoms with Crippen LogP contribution in [0.4, 0.5) is 4.79 Å². The number of hydrogen-bond acceptors (Lipinski definition) is 5. The van der Waals surface area contributed by atoms with E-state index in [1.165, 1.54) is 12.8 Å². The molecule has 0 aromatic rings. The highest BCUT2D eigenvalue weighted by Gasteiger charge is 2.31. The smallest absolute Gasteiger partial charge is 0.410 e. The first kappa shape index (κ1) is 16.4. The third kappa shape index (κ3) is 4.52. The fraction of sp³-hybridized carbons (Fsp3) is 0.938. The Labute approximate surface area is 137 Å². The lowest BCUT2D eigenvalue weighted by Crippen LogP contribution is -2.50. The van der Waals surface area contributed by atoms with Gasteiger partial charge in [-0.05, 0) is 37.9 Å². The highest BCUT2D eigenvalue weighted by Crippen LogP contribution is 2.24. The van der Waals surface area contributed by atoms with Gasteiger partial charge in [-0.1, -0.05) is 0 Å². The molecule has 0 aromatic carbocycles. The molecule has 2 heterocycles. The molecule has 0 spiro atoms. The molecule has 126 valence electrons. The van der Waals surface area contributed by atoms with Gasteiger partial charge in [0.25, 0.3) is 0 Å². The molecule has 3 rings (SSSR count). The number of carbonyl (C=O) groups excluding carboxylic acids is 1. The van der Waals surface area contributed by atoms with E-state index in [1.807, 2.05) is 16.7 Å². The summed E-state index contributed by atoms with van der Waals surface area (Å²) >= 11 is 1.97. The van der Waals surface area contributed by atoms with Crippen LogP contribution in [0.1, 0.15) is 32.1 Å². The van der Waals surface area contributed by atoms with E-state index in [0.717, 1.165) is 70.2 Å². The minimum atomic E-state index is -0.0762. The number of nitrogens with zero attached hydrogens (tertiary/aromatic N) is 2. The second kappa shape index (κ2) is 8.41. The van der Waals surface area contributed by atoms with Crippen LogP contribution in [0, 0.1) is 0 Å². The maximum absolute atomic E-state index is 12.6. The molecule has 22 heavy (non-hydrogen) atoms. The second-order valence-corrected chi connectivity index (χ2v) is 7.63. The highest BCUT2D eigenvalue weighted by molar-refractivity contribution is 7.99. The largest absolute Gasteiger partial charge is 0.446 e. The molecule has 2 saturated heterocycles. The fourth-order valence-corrected chi connectivity index (χ4v) is 4.58. The van der Waals surface area contributed by atoms with E-state index in [4.69, 9.17) is 9.47 Å². The van der Waals surface area contributed by atoms with Crippen molar-refractivity contribution in [3.05, 3.63) is 0 Å². The van der Waals surface area contributed by atoms with E-state index in [2.05, 4.69) is 4.90 Å². The molecule has 0 radical (unpaired) electrons. The maximum atomic E-state index is 12.6. The van der Waals surface area contributed by atoms with Gasteiger partial charge in [-0.2, -0.15) is 11.8 Å². The van der Waals surface area contributed by atoms with Gasteiger partial charge in [-0.3, -0.25) is 4.90 Å². The first-order valence-electron chi connectivity index (χ1n) is 8.68. The zero-order chi connectivity index (χ0) is 15.2. The quantitative estimate of drug-likeness (QED) is 0.794. The number of carbonyl (C=O) groups is 1. The number of ether oxygens (including phenoxy) is 2. The SMILES string of the molecule is O=C(OC1CCCC1)N1CCCSCC1CN1CCOCC1. The second-order valence-electron chi connectivity index (χ2n) is 6.48. The standard InChI is InChI=1S/C16H28N2O3S/c19-16(21-15-4-1-2-5-15)18-6-3-11-22-13-14(18)12-17-7-9-20-10-8-17/h14-15H,1-13H2. The molecule has 0 aromatic heterocycles. The van der Waals surface area contributed by atoms with Crippen molar-refractivity contribution in [3.8, 4) is 0 Å². The summed E-state index contributed by atoms with van der Waals surface area (Å²) in [7, 11) is 0. The Bertz CT molecular complexity index is 357. The lowest BCUT2D eigenvalue weighted by Gasteiger charge is -2.35. The minimum absolute atomic E-state index is 0.0762. The molecular formula is C16H28N2O3S. The van der Waals surface area contributed by atoms with Crippen LogP contribution >= 0.6 is 11.8 Å². The van der Waals surface area contributed by atoms with E-state index >= 15 is 0 Å². The Morgan fingerprint density at radius 1 is 1.14 bits per heavy atom. The number of thioether (sulfide) groups is 1. The van der Waals surface area contributed by atoms with Crippen molar-refractivity contribution in [2.45, 2.75) is 44.2 Å². The van der Waals surface area contributed by atoms with Crippen molar-refractivity contribution in [1.82, 2.24) is 9.80 Å². The van der Waals surface area contributed by atoms with E-state index < -0.39 is 0 Å². The molecule has 0 bridgehead atoms. The molecule has 1 unspecified atom stereocenters. The first-order chi connectivity index (χ1) is 10.8. The summed E-state index contributed by atoms with van der Waals surface area (Å²) < 4.78 is 11.2. The molecule has 0 N–H and O–H groups in total. The van der Waals surface area contributed by atoms with Gasteiger partial charge < -0.3 is 14.4 Å². The molecule has 1 atom stereocenters. The lowest BCUT2D eigenvalue weighted by molar-refractivity contribution is 0.0184. The third-order valence-electron chi connectivity index (χ3n) is 4.82. The molecule has 2 aliphatic heterocycles. The summed E-state index contributed by atoms with van der Waals surface area (Å²) in [6.45, 7) is 5.38. The first-order valence-corrected chi connectivity index (χ1v) is 9.83. The predicted molar refractivity (Wildman–Crippen MR) is 88.4 cm³/mol. The minimum Gasteiger partial charge on any atom is -0.446 e. The summed E-state index contributed by atoms with van der Waals surface area (Å²) in [4.78, 5) is 17.0. The molecule has 6 heteroatoms. The number of hydrogen-bond donors (Lipinski definition) is 0. The van der Waals surface area contributed by atoms with Crippen LogP contribution in [0.15, 0.2) is 0 Å². The van der Waals surface area contributed by atoms with Gasteiger partial charge in [0, 0.05) is 31.9 Å². The summed E-state index contributed by atoms with van der Waals surface area (Å²) in [6.07, 6.45) is 5.64. The molecular weight excluding hydrogens is 300 g/mol. The summed E-state index contributed by atoms with van der Waals surface area (Å²) in [5, 5.41) is 0. The average molecular weight is 328 g/mol. The van der Waals surface area contributed by atoms with Crippen LogP contribution in [-0.4, -0.2) is 78.9 Å². The van der Waals surface area contributed by atoms with Gasteiger partial charge in [-0.25, -0.2) is 4.79 Å². The van der Waals surface area contributed by atoms with Crippen LogP contribution in [0.25, 0.3) is 0 Å².